The Bertz CT molecular complexity index is 942. The molecule has 2 heterocycles. The molecule has 2 aliphatic rings. The molecule has 27 heavy (non-hydrogen) atoms. The van der Waals surface area contributed by atoms with Gasteiger partial charge in [-0.05, 0) is 56.4 Å². The Labute approximate surface area is 159 Å². The summed E-state index contributed by atoms with van der Waals surface area (Å²) in [6.45, 7) is 1.88. The molecule has 0 saturated heterocycles. The van der Waals surface area contributed by atoms with E-state index in [1.54, 1.807) is 11.0 Å². The van der Waals surface area contributed by atoms with Crippen molar-refractivity contribution >= 4 is 21.6 Å². The summed E-state index contributed by atoms with van der Waals surface area (Å²) in [5.41, 5.74) is 2.04. The van der Waals surface area contributed by atoms with Gasteiger partial charge in [0.15, 0.2) is 0 Å². The molecule has 0 radical (unpaired) electrons. The quantitative estimate of drug-likeness (QED) is 0.793. The van der Waals surface area contributed by atoms with Crippen LogP contribution >= 0.6 is 0 Å². The Hall–Kier alpha value is -2.25. The Morgan fingerprint density at radius 1 is 1.19 bits per heavy atom. The number of hydrogen-bond acceptors (Lipinski definition) is 4. The van der Waals surface area contributed by atoms with Crippen molar-refractivity contribution in [1.82, 2.24) is 9.29 Å². The van der Waals surface area contributed by atoms with Gasteiger partial charge in [-0.1, -0.05) is 18.2 Å². The number of sulfonamides is 1. The molecule has 0 N–H and O–H groups in total. The number of carbonyl (C=O) groups is 1. The Kier molecular flexibility index (Phi) is 4.74. The van der Waals surface area contributed by atoms with Crippen molar-refractivity contribution < 1.29 is 13.2 Å². The van der Waals surface area contributed by atoms with Gasteiger partial charge in [-0.3, -0.25) is 9.78 Å². The molecule has 4 rings (SSSR count). The number of aryl methyl sites for hydroxylation is 1. The zero-order chi connectivity index (χ0) is 19.0. The first-order chi connectivity index (χ1) is 13.0. The molecule has 1 fully saturated rings. The maximum atomic E-state index is 13.2. The normalized spacial score (nSPS) is 19.8. The largest absolute Gasteiger partial charge is 0.308 e. The summed E-state index contributed by atoms with van der Waals surface area (Å²) in [7, 11) is -3.74. The fourth-order valence-electron chi connectivity index (χ4n) is 3.69. The van der Waals surface area contributed by atoms with E-state index in [1.165, 1.54) is 22.8 Å². The van der Waals surface area contributed by atoms with Gasteiger partial charge in [0, 0.05) is 30.2 Å². The monoisotopic (exact) mass is 385 g/mol. The van der Waals surface area contributed by atoms with Crippen LogP contribution in [0, 0.1) is 0 Å². The predicted molar refractivity (Wildman–Crippen MR) is 103 cm³/mol. The number of fused-ring (bicyclic) bond motifs is 1. The van der Waals surface area contributed by atoms with E-state index in [0.717, 1.165) is 36.9 Å². The van der Waals surface area contributed by atoms with Crippen LogP contribution in [0.4, 0.5) is 5.69 Å². The topological polar surface area (TPSA) is 70.6 Å². The molecular formula is C20H23N3O3S. The minimum atomic E-state index is -3.74. The van der Waals surface area contributed by atoms with Gasteiger partial charge in [-0.2, -0.15) is 4.31 Å². The van der Waals surface area contributed by atoms with Crippen molar-refractivity contribution in [3.05, 3.63) is 54.4 Å². The molecule has 1 aliphatic carbocycles. The fraction of sp³-hybridized carbons (Fsp3) is 0.400. The summed E-state index contributed by atoms with van der Waals surface area (Å²) < 4.78 is 27.5. The average Bonchev–Trinajstić information content (AvgIpc) is 3.51. The number of anilines is 1. The lowest BCUT2D eigenvalue weighted by molar-refractivity contribution is -0.119. The first-order valence-electron chi connectivity index (χ1n) is 9.30. The summed E-state index contributed by atoms with van der Waals surface area (Å²) in [4.78, 5) is 19.0. The molecule has 6 nitrogen and oxygen atoms in total. The zero-order valence-corrected chi connectivity index (χ0v) is 16.1. The Balaban J connectivity index is 1.63. The second kappa shape index (κ2) is 7.05. The van der Waals surface area contributed by atoms with E-state index < -0.39 is 10.0 Å². The van der Waals surface area contributed by atoms with E-state index >= 15 is 0 Å². The van der Waals surface area contributed by atoms with Crippen LogP contribution in [0.25, 0.3) is 0 Å². The van der Waals surface area contributed by atoms with Crippen molar-refractivity contribution in [1.29, 1.82) is 0 Å². The molecule has 1 aromatic carbocycles. The number of amides is 1. The third kappa shape index (κ3) is 3.49. The van der Waals surface area contributed by atoms with E-state index in [1.807, 2.05) is 31.2 Å². The molecule has 1 unspecified atom stereocenters. The van der Waals surface area contributed by atoms with E-state index in [4.69, 9.17) is 0 Å². The number of para-hydroxylation sites is 1. The van der Waals surface area contributed by atoms with Gasteiger partial charge in [0.1, 0.15) is 4.90 Å². The summed E-state index contributed by atoms with van der Waals surface area (Å²) in [5, 5.41) is 0. The van der Waals surface area contributed by atoms with Crippen LogP contribution < -0.4 is 4.90 Å². The van der Waals surface area contributed by atoms with E-state index in [-0.39, 0.29) is 29.4 Å². The van der Waals surface area contributed by atoms with Crippen molar-refractivity contribution in [3.63, 3.8) is 0 Å². The van der Waals surface area contributed by atoms with Gasteiger partial charge in [-0.25, -0.2) is 8.42 Å². The summed E-state index contributed by atoms with van der Waals surface area (Å²) >= 11 is 0. The highest BCUT2D eigenvalue weighted by Gasteiger charge is 2.41. The lowest BCUT2D eigenvalue weighted by Gasteiger charge is -2.36. The van der Waals surface area contributed by atoms with Gasteiger partial charge in [0.25, 0.3) is 0 Å². The summed E-state index contributed by atoms with van der Waals surface area (Å²) in [6.07, 6.45) is 6.27. The highest BCUT2D eigenvalue weighted by Crippen LogP contribution is 2.34. The van der Waals surface area contributed by atoms with Gasteiger partial charge in [-0.15, -0.1) is 0 Å². The lowest BCUT2D eigenvalue weighted by Crippen LogP contribution is -2.48. The fourth-order valence-corrected chi connectivity index (χ4v) is 5.28. The summed E-state index contributed by atoms with van der Waals surface area (Å²) in [6, 6.07) is 10.9. The number of hydrogen-bond donors (Lipinski definition) is 0. The molecule has 0 spiro atoms. The van der Waals surface area contributed by atoms with Gasteiger partial charge in [0.05, 0.1) is 6.54 Å². The van der Waals surface area contributed by atoms with Crippen LogP contribution in [0.3, 0.4) is 0 Å². The van der Waals surface area contributed by atoms with E-state index in [9.17, 15) is 13.2 Å². The molecule has 1 atom stereocenters. The van der Waals surface area contributed by atoms with Crippen LogP contribution in [0.1, 0.15) is 31.7 Å². The van der Waals surface area contributed by atoms with Crippen molar-refractivity contribution in [2.45, 2.75) is 49.6 Å². The Morgan fingerprint density at radius 2 is 1.96 bits per heavy atom. The molecule has 0 bridgehead atoms. The minimum Gasteiger partial charge on any atom is -0.308 e. The molecule has 2 aromatic rings. The zero-order valence-electron chi connectivity index (χ0n) is 15.3. The average molecular weight is 385 g/mol. The number of nitrogens with zero attached hydrogens (tertiary/aromatic N) is 3. The number of rotatable bonds is 5. The number of carbonyl (C=O) groups excluding carboxylic acids is 1. The van der Waals surface area contributed by atoms with Gasteiger partial charge in [0.2, 0.25) is 15.9 Å². The van der Waals surface area contributed by atoms with Gasteiger partial charge < -0.3 is 4.90 Å². The molecule has 1 saturated carbocycles. The second-order valence-electron chi connectivity index (χ2n) is 7.25. The number of pyridine rings is 1. The summed E-state index contributed by atoms with van der Waals surface area (Å²) in [5.74, 6) is -0.172. The molecular weight excluding hydrogens is 362 g/mol. The van der Waals surface area contributed by atoms with Crippen LogP contribution in [0.5, 0.6) is 0 Å². The van der Waals surface area contributed by atoms with Crippen LogP contribution in [0.2, 0.25) is 0 Å². The third-order valence-electron chi connectivity index (χ3n) is 5.28. The Morgan fingerprint density at radius 3 is 2.67 bits per heavy atom. The predicted octanol–water partition coefficient (Wildman–Crippen LogP) is 2.60. The molecule has 1 aliphatic heterocycles. The highest BCUT2D eigenvalue weighted by molar-refractivity contribution is 7.89. The maximum Gasteiger partial charge on any atom is 0.245 e. The van der Waals surface area contributed by atoms with Crippen LogP contribution in [0.15, 0.2) is 53.7 Å². The van der Waals surface area contributed by atoms with Crippen molar-refractivity contribution in [2.24, 2.45) is 0 Å². The van der Waals surface area contributed by atoms with Gasteiger partial charge >= 0.3 is 0 Å². The number of aromatic nitrogens is 1. The maximum absolute atomic E-state index is 13.2. The smallest absolute Gasteiger partial charge is 0.245 e. The van der Waals surface area contributed by atoms with E-state index in [2.05, 4.69) is 4.98 Å². The lowest BCUT2D eigenvalue weighted by atomic mass is 9.96. The first-order valence-corrected chi connectivity index (χ1v) is 10.7. The third-order valence-corrected chi connectivity index (χ3v) is 7.16. The second-order valence-corrected chi connectivity index (χ2v) is 9.14. The standard InChI is InChI=1S/C20H23N3O3S/c1-15-8-9-16-5-2-3-7-19(16)23(15)20(24)14-22(17-10-11-17)27(25,26)18-6-4-12-21-13-18/h2-7,12-13,15,17H,8-11,14H2,1H3. The molecule has 1 aromatic heterocycles. The van der Waals surface area contributed by atoms with Crippen molar-refractivity contribution in [3.8, 4) is 0 Å². The minimum absolute atomic E-state index is 0.0505. The van der Waals surface area contributed by atoms with E-state index in [0.29, 0.717) is 0 Å². The molecule has 142 valence electrons. The van der Waals surface area contributed by atoms with Crippen LogP contribution in [-0.4, -0.2) is 42.2 Å². The van der Waals surface area contributed by atoms with Crippen molar-refractivity contribution in [2.75, 3.05) is 11.4 Å². The molecule has 7 heteroatoms. The molecule has 1 amide bonds. The van der Waals surface area contributed by atoms with Crippen LogP contribution in [-0.2, 0) is 21.2 Å². The first kappa shape index (κ1) is 18.1. The highest BCUT2D eigenvalue weighted by atomic mass is 32.2. The SMILES string of the molecule is CC1CCc2ccccc2N1C(=O)CN(C1CC1)S(=O)(=O)c1cccnc1. The number of benzene rings is 1.